The van der Waals surface area contributed by atoms with E-state index in [4.69, 9.17) is 9.47 Å². The first-order valence-corrected chi connectivity index (χ1v) is 7.10. The average Bonchev–Trinajstić information content (AvgIpc) is 2.54. The van der Waals surface area contributed by atoms with Crippen LogP contribution in [0.25, 0.3) is 0 Å². The molecule has 1 atom stereocenters. The van der Waals surface area contributed by atoms with E-state index in [9.17, 15) is 4.79 Å². The summed E-state index contributed by atoms with van der Waals surface area (Å²) in [6.07, 6.45) is 1.60. The van der Waals surface area contributed by atoms with Gasteiger partial charge in [0.1, 0.15) is 11.9 Å². The van der Waals surface area contributed by atoms with Gasteiger partial charge < -0.3 is 19.7 Å². The van der Waals surface area contributed by atoms with Gasteiger partial charge in [0.25, 0.3) is 5.91 Å². The zero-order chi connectivity index (χ0) is 13.9. The van der Waals surface area contributed by atoms with Crippen molar-refractivity contribution in [3.05, 3.63) is 23.8 Å². The first-order valence-electron chi connectivity index (χ1n) is 7.10. The third kappa shape index (κ3) is 2.51. The number of methoxy groups -OCH3 is 1. The molecule has 0 saturated carbocycles. The van der Waals surface area contributed by atoms with Crippen LogP contribution >= 0.6 is 0 Å². The SMILES string of the molecule is COc1ccc2c(c1)CCCN2C(=O)C1CNCCO1. The number of anilines is 1. The second-order valence-electron chi connectivity index (χ2n) is 5.15. The summed E-state index contributed by atoms with van der Waals surface area (Å²) in [4.78, 5) is 14.5. The molecule has 0 radical (unpaired) electrons. The minimum absolute atomic E-state index is 0.0586. The largest absolute Gasteiger partial charge is 0.497 e. The van der Waals surface area contributed by atoms with Crippen LogP contribution in [-0.2, 0) is 16.0 Å². The molecule has 3 rings (SSSR count). The Kier molecular flexibility index (Phi) is 3.89. The van der Waals surface area contributed by atoms with Crippen LogP contribution in [0.15, 0.2) is 18.2 Å². The van der Waals surface area contributed by atoms with Gasteiger partial charge in [-0.15, -0.1) is 0 Å². The van der Waals surface area contributed by atoms with E-state index in [0.29, 0.717) is 13.2 Å². The number of carbonyl (C=O) groups is 1. The highest BCUT2D eigenvalue weighted by Gasteiger charge is 2.30. The Hall–Kier alpha value is -1.59. The van der Waals surface area contributed by atoms with Gasteiger partial charge in [0.2, 0.25) is 0 Å². The highest BCUT2D eigenvalue weighted by Crippen LogP contribution is 2.31. The Morgan fingerprint density at radius 2 is 2.40 bits per heavy atom. The lowest BCUT2D eigenvalue weighted by Crippen LogP contribution is -2.50. The second-order valence-corrected chi connectivity index (χ2v) is 5.15. The lowest BCUT2D eigenvalue weighted by molar-refractivity contribution is -0.131. The molecule has 1 N–H and O–H groups in total. The van der Waals surface area contributed by atoms with Gasteiger partial charge in [0, 0.05) is 25.3 Å². The molecular weight excluding hydrogens is 256 g/mol. The van der Waals surface area contributed by atoms with E-state index in [1.807, 2.05) is 23.1 Å². The molecule has 1 aromatic rings. The van der Waals surface area contributed by atoms with Gasteiger partial charge in [-0.3, -0.25) is 4.79 Å². The van der Waals surface area contributed by atoms with Gasteiger partial charge in [-0.25, -0.2) is 0 Å². The van der Waals surface area contributed by atoms with E-state index < -0.39 is 0 Å². The van der Waals surface area contributed by atoms with Crippen LogP contribution in [-0.4, -0.2) is 45.4 Å². The number of morpholine rings is 1. The smallest absolute Gasteiger partial charge is 0.257 e. The summed E-state index contributed by atoms with van der Waals surface area (Å²) in [5.41, 5.74) is 2.17. The summed E-state index contributed by atoms with van der Waals surface area (Å²) in [6, 6.07) is 5.90. The molecule has 1 aromatic carbocycles. The molecule has 1 fully saturated rings. The van der Waals surface area contributed by atoms with Crippen molar-refractivity contribution in [3.63, 3.8) is 0 Å². The number of amides is 1. The Bertz CT molecular complexity index is 498. The number of nitrogens with zero attached hydrogens (tertiary/aromatic N) is 1. The van der Waals surface area contributed by atoms with Gasteiger partial charge in [0.15, 0.2) is 0 Å². The minimum Gasteiger partial charge on any atom is -0.497 e. The van der Waals surface area contributed by atoms with Gasteiger partial charge >= 0.3 is 0 Å². The summed E-state index contributed by atoms with van der Waals surface area (Å²) in [6.45, 7) is 2.77. The maximum Gasteiger partial charge on any atom is 0.257 e. The zero-order valence-electron chi connectivity index (χ0n) is 11.7. The van der Waals surface area contributed by atoms with Crippen molar-refractivity contribution < 1.29 is 14.3 Å². The molecule has 0 aliphatic carbocycles. The molecule has 0 bridgehead atoms. The highest BCUT2D eigenvalue weighted by atomic mass is 16.5. The first-order chi connectivity index (χ1) is 9.79. The summed E-state index contributed by atoms with van der Waals surface area (Å²) in [5.74, 6) is 0.900. The molecule has 20 heavy (non-hydrogen) atoms. The first kappa shape index (κ1) is 13.4. The number of rotatable bonds is 2. The average molecular weight is 276 g/mol. The molecule has 108 valence electrons. The maximum atomic E-state index is 12.6. The van der Waals surface area contributed by atoms with E-state index in [1.165, 1.54) is 5.56 Å². The number of hydrogen-bond donors (Lipinski definition) is 1. The third-order valence-corrected chi connectivity index (χ3v) is 3.87. The van der Waals surface area contributed by atoms with Crippen LogP contribution in [0.4, 0.5) is 5.69 Å². The molecule has 0 aromatic heterocycles. The van der Waals surface area contributed by atoms with Crippen LogP contribution in [0.3, 0.4) is 0 Å². The lowest BCUT2D eigenvalue weighted by atomic mass is 10.0. The fourth-order valence-corrected chi connectivity index (χ4v) is 2.83. The zero-order valence-corrected chi connectivity index (χ0v) is 11.7. The molecule has 0 spiro atoms. The summed E-state index contributed by atoms with van der Waals surface area (Å²) in [5, 5.41) is 3.20. The van der Waals surface area contributed by atoms with Crippen molar-refractivity contribution in [1.29, 1.82) is 0 Å². The van der Waals surface area contributed by atoms with E-state index in [0.717, 1.165) is 37.4 Å². The predicted octanol–water partition coefficient (Wildman–Crippen LogP) is 0.963. The number of benzene rings is 1. The van der Waals surface area contributed by atoms with E-state index in [1.54, 1.807) is 7.11 Å². The van der Waals surface area contributed by atoms with Crippen molar-refractivity contribution in [1.82, 2.24) is 5.32 Å². The number of carbonyl (C=O) groups excluding carboxylic acids is 1. The Balaban J connectivity index is 1.83. The third-order valence-electron chi connectivity index (χ3n) is 3.87. The fraction of sp³-hybridized carbons (Fsp3) is 0.533. The molecule has 2 aliphatic heterocycles. The van der Waals surface area contributed by atoms with Crippen molar-refractivity contribution >= 4 is 11.6 Å². The molecule has 1 saturated heterocycles. The molecule has 2 heterocycles. The van der Waals surface area contributed by atoms with Crippen LogP contribution in [0.5, 0.6) is 5.75 Å². The van der Waals surface area contributed by atoms with Gasteiger partial charge in [-0.2, -0.15) is 0 Å². The summed E-state index contributed by atoms with van der Waals surface area (Å²) < 4.78 is 10.8. The van der Waals surface area contributed by atoms with Crippen molar-refractivity contribution in [2.24, 2.45) is 0 Å². The maximum absolute atomic E-state index is 12.6. The van der Waals surface area contributed by atoms with E-state index in [-0.39, 0.29) is 12.0 Å². The van der Waals surface area contributed by atoms with Crippen LogP contribution in [0.2, 0.25) is 0 Å². The van der Waals surface area contributed by atoms with Crippen LogP contribution in [0.1, 0.15) is 12.0 Å². The van der Waals surface area contributed by atoms with E-state index in [2.05, 4.69) is 5.32 Å². The monoisotopic (exact) mass is 276 g/mol. The molecule has 5 heteroatoms. The predicted molar refractivity (Wildman–Crippen MR) is 76.3 cm³/mol. The Labute approximate surface area is 118 Å². The normalized spacial score (nSPS) is 22.2. The molecular formula is C15H20N2O3. The molecule has 5 nitrogen and oxygen atoms in total. The Morgan fingerprint density at radius 1 is 1.50 bits per heavy atom. The number of fused-ring (bicyclic) bond motifs is 1. The number of ether oxygens (including phenoxy) is 2. The van der Waals surface area contributed by atoms with Crippen molar-refractivity contribution in [2.75, 3.05) is 38.3 Å². The molecule has 2 aliphatic rings. The van der Waals surface area contributed by atoms with Crippen molar-refractivity contribution in [3.8, 4) is 5.75 Å². The minimum atomic E-state index is -0.364. The molecule has 1 unspecified atom stereocenters. The Morgan fingerprint density at radius 3 is 3.15 bits per heavy atom. The van der Waals surface area contributed by atoms with Crippen molar-refractivity contribution in [2.45, 2.75) is 18.9 Å². The van der Waals surface area contributed by atoms with Crippen LogP contribution < -0.4 is 15.0 Å². The van der Waals surface area contributed by atoms with Gasteiger partial charge in [-0.05, 0) is 36.6 Å². The quantitative estimate of drug-likeness (QED) is 0.874. The topological polar surface area (TPSA) is 50.8 Å². The van der Waals surface area contributed by atoms with Gasteiger partial charge in [0.05, 0.1) is 13.7 Å². The van der Waals surface area contributed by atoms with Gasteiger partial charge in [-0.1, -0.05) is 0 Å². The second kappa shape index (κ2) is 5.81. The molecule has 1 amide bonds. The summed E-state index contributed by atoms with van der Waals surface area (Å²) in [7, 11) is 1.66. The number of nitrogens with one attached hydrogen (secondary N) is 1. The lowest BCUT2D eigenvalue weighted by Gasteiger charge is -2.33. The van der Waals surface area contributed by atoms with Crippen LogP contribution in [0, 0.1) is 0 Å². The summed E-state index contributed by atoms with van der Waals surface area (Å²) >= 11 is 0. The fourth-order valence-electron chi connectivity index (χ4n) is 2.83. The number of hydrogen-bond acceptors (Lipinski definition) is 4. The number of aryl methyl sites for hydroxylation is 1. The highest BCUT2D eigenvalue weighted by molar-refractivity contribution is 5.98. The van der Waals surface area contributed by atoms with E-state index >= 15 is 0 Å². The standard InChI is InChI=1S/C15H20N2O3/c1-19-12-4-5-13-11(9-12)3-2-7-17(13)15(18)14-10-16-6-8-20-14/h4-5,9,14,16H,2-3,6-8,10H2,1H3.